The topological polar surface area (TPSA) is 20.3 Å². The lowest BCUT2D eigenvalue weighted by atomic mass is 10.2. The minimum atomic E-state index is 0.00506. The highest BCUT2D eigenvalue weighted by Crippen LogP contribution is 2.30. The number of amides is 1. The third-order valence-corrected chi connectivity index (χ3v) is 3.48. The van der Waals surface area contributed by atoms with Gasteiger partial charge in [0.15, 0.2) is 0 Å². The van der Waals surface area contributed by atoms with E-state index in [1.165, 1.54) is 12.8 Å². The highest BCUT2D eigenvalue weighted by molar-refractivity contribution is 6.42. The minimum Gasteiger partial charge on any atom is -0.341 e. The number of hydrogen-bond acceptors (Lipinski definition) is 1. The van der Waals surface area contributed by atoms with Crippen molar-refractivity contribution in [2.24, 2.45) is 5.92 Å². The summed E-state index contributed by atoms with van der Waals surface area (Å²) in [6, 6.07) is 4.98. The van der Waals surface area contributed by atoms with Crippen molar-refractivity contribution >= 4 is 29.1 Å². The van der Waals surface area contributed by atoms with Crippen LogP contribution in [0.3, 0.4) is 0 Å². The lowest BCUT2D eigenvalue weighted by Crippen LogP contribution is -2.28. The van der Waals surface area contributed by atoms with Gasteiger partial charge in [0.25, 0.3) is 5.91 Å². The molecular formula is C12H13Cl2NO. The van der Waals surface area contributed by atoms with Gasteiger partial charge in [0.05, 0.1) is 10.0 Å². The molecule has 0 N–H and O–H groups in total. The summed E-state index contributed by atoms with van der Waals surface area (Å²) < 4.78 is 0. The van der Waals surface area contributed by atoms with Crippen molar-refractivity contribution in [3.05, 3.63) is 33.8 Å². The Morgan fingerprint density at radius 1 is 1.38 bits per heavy atom. The maximum absolute atomic E-state index is 12.0. The van der Waals surface area contributed by atoms with Crippen LogP contribution in [0.15, 0.2) is 18.2 Å². The molecule has 1 aromatic carbocycles. The van der Waals surface area contributed by atoms with E-state index in [4.69, 9.17) is 23.2 Å². The lowest BCUT2D eigenvalue weighted by Gasteiger charge is -2.16. The molecule has 0 atom stereocenters. The predicted molar refractivity (Wildman–Crippen MR) is 66.1 cm³/mol. The van der Waals surface area contributed by atoms with E-state index < -0.39 is 0 Å². The first-order valence-corrected chi connectivity index (χ1v) is 6.04. The largest absolute Gasteiger partial charge is 0.341 e. The Hall–Kier alpha value is -0.730. The summed E-state index contributed by atoms with van der Waals surface area (Å²) in [5.41, 5.74) is 0.595. The monoisotopic (exact) mass is 257 g/mol. The van der Waals surface area contributed by atoms with Gasteiger partial charge in [0.1, 0.15) is 0 Å². The van der Waals surface area contributed by atoms with E-state index in [1.54, 1.807) is 23.1 Å². The second-order valence-electron chi connectivity index (χ2n) is 4.26. The average molecular weight is 258 g/mol. The molecule has 0 bridgehead atoms. The fourth-order valence-corrected chi connectivity index (χ4v) is 1.92. The summed E-state index contributed by atoms with van der Waals surface area (Å²) in [7, 11) is 1.82. The van der Waals surface area contributed by atoms with Gasteiger partial charge in [-0.3, -0.25) is 4.79 Å². The van der Waals surface area contributed by atoms with Crippen LogP contribution in [0.2, 0.25) is 10.0 Å². The smallest absolute Gasteiger partial charge is 0.253 e. The number of nitrogens with zero attached hydrogens (tertiary/aromatic N) is 1. The molecular weight excluding hydrogens is 245 g/mol. The zero-order valence-electron chi connectivity index (χ0n) is 9.04. The van der Waals surface area contributed by atoms with Crippen LogP contribution >= 0.6 is 23.2 Å². The Morgan fingerprint density at radius 2 is 2.06 bits per heavy atom. The predicted octanol–water partition coefficient (Wildman–Crippen LogP) is 3.48. The van der Waals surface area contributed by atoms with Crippen LogP contribution in [-0.4, -0.2) is 24.4 Å². The van der Waals surface area contributed by atoms with Gasteiger partial charge < -0.3 is 4.90 Å². The highest BCUT2D eigenvalue weighted by atomic mass is 35.5. The van der Waals surface area contributed by atoms with E-state index in [1.807, 2.05) is 7.05 Å². The third kappa shape index (κ3) is 2.69. The molecule has 0 aliphatic heterocycles. The van der Waals surface area contributed by atoms with Gasteiger partial charge in [-0.15, -0.1) is 0 Å². The minimum absolute atomic E-state index is 0.00506. The number of carbonyl (C=O) groups excluding carboxylic acids is 1. The number of rotatable bonds is 3. The lowest BCUT2D eigenvalue weighted by molar-refractivity contribution is 0.0788. The summed E-state index contributed by atoms with van der Waals surface area (Å²) in [6.45, 7) is 0.832. The second kappa shape index (κ2) is 4.64. The van der Waals surface area contributed by atoms with E-state index in [9.17, 15) is 4.79 Å². The number of hydrogen-bond donors (Lipinski definition) is 0. The quantitative estimate of drug-likeness (QED) is 0.812. The maximum atomic E-state index is 12.0. The third-order valence-electron chi connectivity index (χ3n) is 2.74. The molecule has 16 heavy (non-hydrogen) atoms. The van der Waals surface area contributed by atoms with Crippen LogP contribution < -0.4 is 0 Å². The summed E-state index contributed by atoms with van der Waals surface area (Å²) in [6.07, 6.45) is 2.47. The van der Waals surface area contributed by atoms with Crippen LogP contribution in [0.4, 0.5) is 0 Å². The van der Waals surface area contributed by atoms with Gasteiger partial charge in [-0.2, -0.15) is 0 Å². The first kappa shape index (κ1) is 11.7. The Bertz CT molecular complexity index is 415. The van der Waals surface area contributed by atoms with Crippen molar-refractivity contribution in [1.82, 2.24) is 4.90 Å². The Morgan fingerprint density at radius 3 is 2.62 bits per heavy atom. The summed E-state index contributed by atoms with van der Waals surface area (Å²) in [5.74, 6) is 0.696. The maximum Gasteiger partial charge on any atom is 0.253 e. The first-order valence-electron chi connectivity index (χ1n) is 5.28. The zero-order valence-corrected chi connectivity index (χ0v) is 10.6. The number of halogens is 2. The average Bonchev–Trinajstić information content (AvgIpc) is 3.05. The summed E-state index contributed by atoms with van der Waals surface area (Å²) >= 11 is 11.7. The number of benzene rings is 1. The zero-order chi connectivity index (χ0) is 11.7. The summed E-state index contributed by atoms with van der Waals surface area (Å²) in [4.78, 5) is 13.7. The van der Waals surface area contributed by atoms with Crippen molar-refractivity contribution in [3.8, 4) is 0 Å². The first-order chi connectivity index (χ1) is 7.58. The van der Waals surface area contributed by atoms with Crippen LogP contribution in [0.1, 0.15) is 23.2 Å². The highest BCUT2D eigenvalue weighted by Gasteiger charge is 2.25. The molecule has 0 radical (unpaired) electrons. The van der Waals surface area contributed by atoms with E-state index in [0.29, 0.717) is 21.5 Å². The molecule has 0 spiro atoms. The molecule has 1 aliphatic carbocycles. The van der Waals surface area contributed by atoms with Gasteiger partial charge in [-0.05, 0) is 37.0 Å². The fraction of sp³-hybridized carbons (Fsp3) is 0.417. The molecule has 0 aromatic heterocycles. The van der Waals surface area contributed by atoms with Crippen molar-refractivity contribution < 1.29 is 4.79 Å². The Labute approximate surface area is 105 Å². The van der Waals surface area contributed by atoms with Crippen LogP contribution in [-0.2, 0) is 0 Å². The molecule has 2 rings (SSSR count). The SMILES string of the molecule is CN(CC1CC1)C(=O)c1ccc(Cl)c(Cl)c1. The van der Waals surface area contributed by atoms with Crippen molar-refractivity contribution in [1.29, 1.82) is 0 Å². The molecule has 1 fully saturated rings. The molecule has 0 saturated heterocycles. The molecule has 4 heteroatoms. The molecule has 86 valence electrons. The molecule has 0 heterocycles. The van der Waals surface area contributed by atoms with E-state index in [0.717, 1.165) is 6.54 Å². The van der Waals surface area contributed by atoms with Gasteiger partial charge >= 0.3 is 0 Å². The molecule has 1 saturated carbocycles. The van der Waals surface area contributed by atoms with Crippen molar-refractivity contribution in [2.75, 3.05) is 13.6 Å². The van der Waals surface area contributed by atoms with E-state index in [2.05, 4.69) is 0 Å². The van der Waals surface area contributed by atoms with Crippen LogP contribution in [0.5, 0.6) is 0 Å². The van der Waals surface area contributed by atoms with E-state index >= 15 is 0 Å². The molecule has 1 amide bonds. The van der Waals surface area contributed by atoms with Crippen molar-refractivity contribution in [3.63, 3.8) is 0 Å². The molecule has 2 nitrogen and oxygen atoms in total. The second-order valence-corrected chi connectivity index (χ2v) is 5.07. The van der Waals surface area contributed by atoms with E-state index in [-0.39, 0.29) is 5.91 Å². The van der Waals surface area contributed by atoms with Gasteiger partial charge in [-0.25, -0.2) is 0 Å². The normalized spacial score (nSPS) is 14.9. The molecule has 0 unspecified atom stereocenters. The van der Waals surface area contributed by atoms with Crippen molar-refractivity contribution in [2.45, 2.75) is 12.8 Å². The summed E-state index contributed by atoms with van der Waals surface area (Å²) in [5, 5.41) is 0.899. The fourth-order valence-electron chi connectivity index (χ4n) is 1.62. The van der Waals surface area contributed by atoms with Gasteiger partial charge in [-0.1, -0.05) is 23.2 Å². The van der Waals surface area contributed by atoms with Gasteiger partial charge in [0, 0.05) is 19.2 Å². The molecule has 1 aromatic rings. The molecule has 1 aliphatic rings. The number of carbonyl (C=O) groups is 1. The Balaban J connectivity index is 2.09. The Kier molecular flexibility index (Phi) is 3.41. The standard InChI is InChI=1S/C12H13Cl2NO/c1-15(7-8-2-3-8)12(16)9-4-5-10(13)11(14)6-9/h4-6,8H,2-3,7H2,1H3. The van der Waals surface area contributed by atoms with Gasteiger partial charge in [0.2, 0.25) is 0 Å². The van der Waals surface area contributed by atoms with Crippen LogP contribution in [0.25, 0.3) is 0 Å². The van der Waals surface area contributed by atoms with Crippen LogP contribution in [0, 0.1) is 5.92 Å².